The van der Waals surface area contributed by atoms with Crippen LogP contribution < -0.4 is 10.1 Å². The van der Waals surface area contributed by atoms with E-state index in [1.54, 1.807) is 0 Å². The molecule has 1 amide bonds. The number of alkyl halides is 3. The standard InChI is InChI=1S/C16H16F3N3O4/c17-16(18,19)25-12-3-1-11(2-4-12)15(23)20-9-13-21-14(22-26-13)10-5-7-24-8-6-10/h1-4,10H,5-9H2,(H,20,23). The van der Waals surface area contributed by atoms with Crippen LogP contribution in [-0.2, 0) is 11.3 Å². The summed E-state index contributed by atoms with van der Waals surface area (Å²) in [4.78, 5) is 16.3. The number of amides is 1. The Morgan fingerprint density at radius 2 is 1.92 bits per heavy atom. The molecular weight excluding hydrogens is 355 g/mol. The molecule has 0 aliphatic carbocycles. The van der Waals surface area contributed by atoms with E-state index in [0.717, 1.165) is 25.0 Å². The van der Waals surface area contributed by atoms with Crippen LogP contribution in [-0.4, -0.2) is 35.6 Å². The SMILES string of the molecule is O=C(NCc1nc(C2CCOCC2)no1)c1ccc(OC(F)(F)F)cc1. The van der Waals surface area contributed by atoms with Crippen LogP contribution in [0.4, 0.5) is 13.2 Å². The molecule has 0 unspecified atom stereocenters. The van der Waals surface area contributed by atoms with E-state index in [1.165, 1.54) is 12.1 Å². The van der Waals surface area contributed by atoms with E-state index in [2.05, 4.69) is 20.2 Å². The summed E-state index contributed by atoms with van der Waals surface area (Å²) in [6.07, 6.45) is -3.14. The van der Waals surface area contributed by atoms with Crippen LogP contribution in [0.25, 0.3) is 0 Å². The summed E-state index contributed by atoms with van der Waals surface area (Å²) in [6.45, 7) is 1.33. The number of ether oxygens (including phenoxy) is 2. The highest BCUT2D eigenvalue weighted by Gasteiger charge is 2.31. The topological polar surface area (TPSA) is 86.5 Å². The van der Waals surface area contributed by atoms with Crippen molar-refractivity contribution >= 4 is 5.91 Å². The highest BCUT2D eigenvalue weighted by Crippen LogP contribution is 2.24. The Kier molecular flexibility index (Phi) is 5.40. The fraction of sp³-hybridized carbons (Fsp3) is 0.438. The lowest BCUT2D eigenvalue weighted by atomic mass is 10.00. The van der Waals surface area contributed by atoms with Gasteiger partial charge in [0, 0.05) is 24.7 Å². The van der Waals surface area contributed by atoms with Gasteiger partial charge in [0.1, 0.15) is 5.75 Å². The quantitative estimate of drug-likeness (QED) is 0.870. The molecule has 1 saturated heterocycles. The maximum atomic E-state index is 12.1. The average molecular weight is 371 g/mol. The van der Waals surface area contributed by atoms with Crippen molar-refractivity contribution in [3.05, 3.63) is 41.5 Å². The summed E-state index contributed by atoms with van der Waals surface area (Å²) in [5.74, 6) is 0.155. The Morgan fingerprint density at radius 1 is 1.23 bits per heavy atom. The van der Waals surface area contributed by atoms with Gasteiger partial charge in [-0.2, -0.15) is 4.98 Å². The van der Waals surface area contributed by atoms with E-state index < -0.39 is 18.0 Å². The second-order valence-electron chi connectivity index (χ2n) is 5.69. The minimum absolute atomic E-state index is 0.0237. The molecule has 1 fully saturated rings. The molecule has 1 aromatic carbocycles. The number of carbonyl (C=O) groups is 1. The maximum absolute atomic E-state index is 12.1. The molecule has 0 atom stereocenters. The van der Waals surface area contributed by atoms with E-state index in [1.807, 2.05) is 0 Å². The molecule has 1 aliphatic rings. The summed E-state index contributed by atoms with van der Waals surface area (Å²) in [5.41, 5.74) is 0.184. The average Bonchev–Trinajstić information content (AvgIpc) is 3.09. The first-order chi connectivity index (χ1) is 12.4. The van der Waals surface area contributed by atoms with Crippen LogP contribution >= 0.6 is 0 Å². The lowest BCUT2D eigenvalue weighted by Gasteiger charge is -2.18. The number of halogens is 3. The van der Waals surface area contributed by atoms with Crippen LogP contribution in [0.3, 0.4) is 0 Å². The van der Waals surface area contributed by atoms with Crippen molar-refractivity contribution in [1.29, 1.82) is 0 Å². The Labute approximate surface area is 146 Å². The van der Waals surface area contributed by atoms with Gasteiger partial charge in [-0.15, -0.1) is 13.2 Å². The molecule has 0 saturated carbocycles. The van der Waals surface area contributed by atoms with E-state index in [9.17, 15) is 18.0 Å². The van der Waals surface area contributed by atoms with Crippen LogP contribution in [0, 0.1) is 0 Å². The van der Waals surface area contributed by atoms with Crippen molar-refractivity contribution < 1.29 is 32.0 Å². The molecular formula is C16H16F3N3O4. The lowest BCUT2D eigenvalue weighted by Crippen LogP contribution is -2.23. The molecule has 0 bridgehead atoms. The zero-order valence-corrected chi connectivity index (χ0v) is 13.6. The molecule has 0 spiro atoms. The number of hydrogen-bond acceptors (Lipinski definition) is 6. The Morgan fingerprint density at radius 3 is 2.58 bits per heavy atom. The summed E-state index contributed by atoms with van der Waals surface area (Å²) in [5, 5.41) is 6.50. The number of hydrogen-bond donors (Lipinski definition) is 1. The number of nitrogens with zero attached hydrogens (tertiary/aromatic N) is 2. The van der Waals surface area contributed by atoms with Crippen molar-refractivity contribution in [2.75, 3.05) is 13.2 Å². The lowest BCUT2D eigenvalue weighted by molar-refractivity contribution is -0.274. The third-order valence-corrected chi connectivity index (χ3v) is 3.82. The minimum Gasteiger partial charge on any atom is -0.406 e. The van der Waals surface area contributed by atoms with Gasteiger partial charge in [0.2, 0.25) is 5.89 Å². The number of rotatable bonds is 5. The van der Waals surface area contributed by atoms with Gasteiger partial charge >= 0.3 is 6.36 Å². The van der Waals surface area contributed by atoms with E-state index >= 15 is 0 Å². The van der Waals surface area contributed by atoms with Gasteiger partial charge in [0.05, 0.1) is 6.54 Å². The Balaban J connectivity index is 1.53. The first-order valence-corrected chi connectivity index (χ1v) is 7.95. The number of aromatic nitrogens is 2. The van der Waals surface area contributed by atoms with Gasteiger partial charge in [-0.25, -0.2) is 0 Å². The summed E-state index contributed by atoms with van der Waals surface area (Å²) in [7, 11) is 0. The van der Waals surface area contributed by atoms with Gasteiger partial charge in [-0.05, 0) is 37.1 Å². The minimum atomic E-state index is -4.77. The molecule has 1 aliphatic heterocycles. The summed E-state index contributed by atoms with van der Waals surface area (Å²) >= 11 is 0. The molecule has 140 valence electrons. The van der Waals surface area contributed by atoms with Gasteiger partial charge in [-0.3, -0.25) is 4.79 Å². The van der Waals surface area contributed by atoms with E-state index in [-0.39, 0.29) is 23.9 Å². The molecule has 7 nitrogen and oxygen atoms in total. The smallest absolute Gasteiger partial charge is 0.406 e. The normalized spacial score (nSPS) is 15.7. The highest BCUT2D eigenvalue weighted by atomic mass is 19.4. The predicted octanol–water partition coefficient (Wildman–Crippen LogP) is 2.79. The van der Waals surface area contributed by atoms with Crippen LogP contribution in [0.5, 0.6) is 5.75 Å². The van der Waals surface area contributed by atoms with E-state index in [4.69, 9.17) is 9.26 Å². The van der Waals surface area contributed by atoms with Crippen molar-refractivity contribution in [1.82, 2.24) is 15.5 Å². The first-order valence-electron chi connectivity index (χ1n) is 7.95. The predicted molar refractivity (Wildman–Crippen MR) is 81.4 cm³/mol. The van der Waals surface area contributed by atoms with Crippen LogP contribution in [0.1, 0.15) is 40.8 Å². The Hall–Kier alpha value is -2.62. The summed E-state index contributed by atoms with van der Waals surface area (Å²) in [6, 6.07) is 4.60. The second-order valence-corrected chi connectivity index (χ2v) is 5.69. The van der Waals surface area contributed by atoms with Crippen LogP contribution in [0.2, 0.25) is 0 Å². The Bertz CT molecular complexity index is 740. The monoisotopic (exact) mass is 371 g/mol. The highest BCUT2D eigenvalue weighted by molar-refractivity contribution is 5.94. The number of benzene rings is 1. The molecule has 2 heterocycles. The van der Waals surface area contributed by atoms with Crippen molar-refractivity contribution in [2.24, 2.45) is 0 Å². The van der Waals surface area contributed by atoms with Crippen LogP contribution in [0.15, 0.2) is 28.8 Å². The molecule has 2 aromatic rings. The first kappa shape index (κ1) is 18.2. The van der Waals surface area contributed by atoms with Gasteiger partial charge in [-0.1, -0.05) is 5.16 Å². The number of nitrogens with one attached hydrogen (secondary N) is 1. The molecule has 10 heteroatoms. The van der Waals surface area contributed by atoms with Gasteiger partial charge in [0.15, 0.2) is 5.82 Å². The molecule has 1 aromatic heterocycles. The van der Waals surface area contributed by atoms with Crippen molar-refractivity contribution in [3.8, 4) is 5.75 Å². The fourth-order valence-electron chi connectivity index (χ4n) is 2.53. The largest absolute Gasteiger partial charge is 0.573 e. The van der Waals surface area contributed by atoms with Crippen molar-refractivity contribution in [3.63, 3.8) is 0 Å². The van der Waals surface area contributed by atoms with Crippen molar-refractivity contribution in [2.45, 2.75) is 31.7 Å². The maximum Gasteiger partial charge on any atom is 0.573 e. The second kappa shape index (κ2) is 7.73. The molecule has 0 radical (unpaired) electrons. The number of carbonyl (C=O) groups excluding carboxylic acids is 1. The van der Waals surface area contributed by atoms with Gasteiger partial charge < -0.3 is 19.3 Å². The third-order valence-electron chi connectivity index (χ3n) is 3.82. The molecule has 1 N–H and O–H groups in total. The zero-order chi connectivity index (χ0) is 18.6. The van der Waals surface area contributed by atoms with E-state index in [0.29, 0.717) is 19.0 Å². The molecule has 26 heavy (non-hydrogen) atoms. The third kappa shape index (κ3) is 4.94. The zero-order valence-electron chi connectivity index (χ0n) is 13.6. The van der Waals surface area contributed by atoms with Gasteiger partial charge in [0.25, 0.3) is 5.91 Å². The molecule has 3 rings (SSSR count). The fourth-order valence-corrected chi connectivity index (χ4v) is 2.53. The summed E-state index contributed by atoms with van der Waals surface area (Å²) < 4.78 is 50.5.